The van der Waals surface area contributed by atoms with Crippen LogP contribution < -0.4 is 45.4 Å². The summed E-state index contributed by atoms with van der Waals surface area (Å²) in [4.78, 5) is 44.9. The van der Waals surface area contributed by atoms with Gasteiger partial charge in [-0.05, 0) is 30.7 Å². The minimum atomic E-state index is -4.07. The van der Waals surface area contributed by atoms with E-state index < -0.39 is 41.7 Å². The van der Waals surface area contributed by atoms with Crippen molar-refractivity contribution in [2.24, 2.45) is 0 Å². The lowest BCUT2D eigenvalue weighted by molar-refractivity contribution is -0.287. The summed E-state index contributed by atoms with van der Waals surface area (Å²) < 4.78 is 82.3. The molecule has 0 aliphatic carbocycles. The summed E-state index contributed by atoms with van der Waals surface area (Å²) in [5, 5.41) is 11.3. The van der Waals surface area contributed by atoms with Gasteiger partial charge < -0.3 is 39.6 Å². The van der Waals surface area contributed by atoms with Crippen molar-refractivity contribution in [3.05, 3.63) is 82.4 Å². The van der Waals surface area contributed by atoms with E-state index >= 15 is 0 Å². The van der Waals surface area contributed by atoms with Gasteiger partial charge in [0.05, 0.1) is 18.4 Å². The first-order chi connectivity index (χ1) is 22.3. The van der Waals surface area contributed by atoms with Gasteiger partial charge in [-0.15, -0.1) is 17.6 Å². The molecule has 0 radical (unpaired) electrons. The highest BCUT2D eigenvalue weighted by atomic mass is 19.3. The first-order valence-corrected chi connectivity index (χ1v) is 13.3. The van der Waals surface area contributed by atoms with Crippen molar-refractivity contribution in [3.63, 3.8) is 0 Å². The molecule has 0 fully saturated rings. The van der Waals surface area contributed by atoms with E-state index in [-0.39, 0.29) is 64.2 Å². The Morgan fingerprint density at radius 3 is 2.28 bits per heavy atom. The summed E-state index contributed by atoms with van der Waals surface area (Å²) >= 11 is 0. The molecular weight excluding hydrogens is 640 g/mol. The molecule has 0 saturated carbocycles. The minimum absolute atomic E-state index is 0.0315. The Labute approximate surface area is 259 Å². The third-order valence-electron chi connectivity index (χ3n) is 6.50. The highest BCUT2D eigenvalue weighted by Crippen LogP contribution is 2.45. The van der Waals surface area contributed by atoms with Gasteiger partial charge in [-0.25, -0.2) is 9.78 Å². The topological polar surface area (TPSA) is 188 Å². The number of allylic oxidation sites excluding steroid dienone is 1. The smallest absolute Gasteiger partial charge is 0.496 e. The van der Waals surface area contributed by atoms with Crippen molar-refractivity contribution < 1.29 is 55.4 Å². The monoisotopic (exact) mass is 660 g/mol. The fourth-order valence-electron chi connectivity index (χ4n) is 4.49. The number of rotatable bonds is 10. The SMILES string of the molecule is C=C(CCc1noc(=O)[nH]1)Nc1nccc(OC)c1C(=O)Nc1cc2c(cc1C(=O)Nc1ccc3c(c1)OC(F)(F)O3)OC(F)(F)O2. The van der Waals surface area contributed by atoms with Crippen molar-refractivity contribution in [1.82, 2.24) is 15.1 Å². The van der Waals surface area contributed by atoms with Gasteiger partial charge in [0, 0.05) is 36.1 Å². The zero-order chi connectivity index (χ0) is 33.5. The van der Waals surface area contributed by atoms with Gasteiger partial charge in [-0.2, -0.15) is 0 Å². The first-order valence-electron chi connectivity index (χ1n) is 13.3. The number of halogens is 4. The van der Waals surface area contributed by atoms with E-state index in [0.717, 1.165) is 24.3 Å². The predicted molar refractivity (Wildman–Crippen MR) is 150 cm³/mol. The minimum Gasteiger partial charge on any atom is -0.496 e. The van der Waals surface area contributed by atoms with Crippen LogP contribution >= 0.6 is 0 Å². The van der Waals surface area contributed by atoms with Crippen LogP contribution in [0.3, 0.4) is 0 Å². The highest BCUT2D eigenvalue weighted by Gasteiger charge is 2.45. The molecule has 2 aromatic heterocycles. The number of methoxy groups -OCH3 is 1. The van der Waals surface area contributed by atoms with E-state index in [9.17, 15) is 31.9 Å². The molecule has 47 heavy (non-hydrogen) atoms. The van der Waals surface area contributed by atoms with E-state index in [1.54, 1.807) is 0 Å². The molecule has 19 heteroatoms. The molecule has 6 rings (SSSR count). The van der Waals surface area contributed by atoms with E-state index in [1.807, 2.05) is 0 Å². The Morgan fingerprint density at radius 2 is 1.60 bits per heavy atom. The summed E-state index contributed by atoms with van der Waals surface area (Å²) in [5.41, 5.74) is -0.563. The summed E-state index contributed by atoms with van der Waals surface area (Å²) in [6.45, 7) is 3.88. The second kappa shape index (κ2) is 11.6. The highest BCUT2D eigenvalue weighted by molar-refractivity contribution is 6.15. The van der Waals surface area contributed by atoms with Gasteiger partial charge in [-0.3, -0.25) is 19.1 Å². The maximum atomic E-state index is 13.9. The summed E-state index contributed by atoms with van der Waals surface area (Å²) in [6.07, 6.45) is -6.20. The number of pyridine rings is 1. The summed E-state index contributed by atoms with van der Waals surface area (Å²) in [5.74, 6) is -4.01. The number of nitrogens with zero attached hydrogens (tertiary/aromatic N) is 2. The van der Waals surface area contributed by atoms with Crippen LogP contribution in [0.25, 0.3) is 0 Å². The Hall–Kier alpha value is -6.27. The number of benzene rings is 2. The quantitative estimate of drug-likeness (QED) is 0.175. The molecule has 2 aliphatic heterocycles. The largest absolute Gasteiger partial charge is 0.586 e. The van der Waals surface area contributed by atoms with Crippen molar-refractivity contribution in [1.29, 1.82) is 0 Å². The van der Waals surface area contributed by atoms with Crippen molar-refractivity contribution in [2.75, 3.05) is 23.1 Å². The third kappa shape index (κ3) is 6.58. The van der Waals surface area contributed by atoms with Crippen molar-refractivity contribution in [2.45, 2.75) is 25.4 Å². The van der Waals surface area contributed by atoms with Crippen molar-refractivity contribution in [3.8, 4) is 28.7 Å². The number of carbonyl (C=O) groups excluding carboxylic acids is 2. The van der Waals surface area contributed by atoms with Crippen LogP contribution in [0.5, 0.6) is 28.7 Å². The fourth-order valence-corrected chi connectivity index (χ4v) is 4.49. The number of anilines is 3. The molecule has 15 nitrogen and oxygen atoms in total. The molecule has 4 aromatic rings. The standard InChI is InChI=1S/C28H20F4N6O9/c1-12(3-6-21-37-26(41)47-38-21)34-23-22(17(42-2)7-8-33-23)25(40)36-15-11-20-19(45-28(31,32)46-20)10-14(15)24(39)35-13-4-5-16-18(9-13)44-27(29,30)43-16/h4-5,7-11H,1,3,6H2,2H3,(H,33,34)(H,35,39)(H,36,40)(H,37,38,41). The lowest BCUT2D eigenvalue weighted by Gasteiger charge is -2.17. The summed E-state index contributed by atoms with van der Waals surface area (Å²) in [6, 6.07) is 6.62. The average Bonchev–Trinajstić information content (AvgIpc) is 3.66. The van der Waals surface area contributed by atoms with E-state index in [0.29, 0.717) is 5.70 Å². The second-order valence-electron chi connectivity index (χ2n) is 9.76. The maximum Gasteiger partial charge on any atom is 0.586 e. The molecule has 4 heterocycles. The number of H-pyrrole nitrogens is 1. The Bertz CT molecular complexity index is 1980. The number of carbonyl (C=O) groups is 2. The Morgan fingerprint density at radius 1 is 0.915 bits per heavy atom. The number of aromatic amines is 1. The Kier molecular flexibility index (Phi) is 7.58. The number of nitrogens with one attached hydrogen (secondary N) is 4. The maximum absolute atomic E-state index is 13.9. The Balaban J connectivity index is 1.27. The van der Waals surface area contributed by atoms with E-state index in [4.69, 9.17) is 4.74 Å². The molecule has 4 N–H and O–H groups in total. The normalized spacial score (nSPS) is 14.7. The lowest BCUT2D eigenvalue weighted by Crippen LogP contribution is -2.26. The molecule has 0 spiro atoms. The van der Waals surface area contributed by atoms with Crippen LogP contribution in [-0.4, -0.2) is 46.6 Å². The van der Waals surface area contributed by atoms with E-state index in [2.05, 4.69) is 61.1 Å². The number of amides is 2. The molecule has 0 atom stereocenters. The number of fused-ring (bicyclic) bond motifs is 2. The van der Waals surface area contributed by atoms with Crippen LogP contribution in [0.2, 0.25) is 0 Å². The van der Waals surface area contributed by atoms with Crippen LogP contribution in [0.1, 0.15) is 33.0 Å². The lowest BCUT2D eigenvalue weighted by atomic mass is 10.1. The number of alkyl halides is 4. The van der Waals surface area contributed by atoms with Crippen LogP contribution in [0.15, 0.2) is 64.2 Å². The van der Waals surface area contributed by atoms with Gasteiger partial charge >= 0.3 is 18.3 Å². The van der Waals surface area contributed by atoms with Crippen molar-refractivity contribution >= 4 is 29.0 Å². The molecule has 0 saturated heterocycles. The van der Waals surface area contributed by atoms with Gasteiger partial charge in [0.1, 0.15) is 17.1 Å². The predicted octanol–water partition coefficient (Wildman–Crippen LogP) is 4.47. The zero-order valence-electron chi connectivity index (χ0n) is 23.7. The van der Waals surface area contributed by atoms with Gasteiger partial charge in [0.15, 0.2) is 28.8 Å². The number of hydrogen-bond acceptors (Lipinski definition) is 12. The van der Waals surface area contributed by atoms with Gasteiger partial charge in [-0.1, -0.05) is 11.7 Å². The molecule has 2 amide bonds. The third-order valence-corrected chi connectivity index (χ3v) is 6.50. The number of aryl methyl sites for hydroxylation is 1. The van der Waals surface area contributed by atoms with Crippen LogP contribution in [-0.2, 0) is 6.42 Å². The first kappa shape index (κ1) is 30.7. The molecule has 0 bridgehead atoms. The molecule has 244 valence electrons. The van der Waals surface area contributed by atoms with Crippen LogP contribution in [0, 0.1) is 0 Å². The zero-order valence-corrected chi connectivity index (χ0v) is 23.7. The number of aromatic nitrogens is 3. The van der Waals surface area contributed by atoms with Gasteiger partial charge in [0.2, 0.25) is 0 Å². The average molecular weight is 660 g/mol. The molecular formula is C28H20F4N6O9. The molecule has 0 unspecified atom stereocenters. The number of ether oxygens (including phenoxy) is 5. The van der Waals surface area contributed by atoms with Crippen LogP contribution in [0.4, 0.5) is 34.8 Å². The molecule has 2 aromatic carbocycles. The van der Waals surface area contributed by atoms with Gasteiger partial charge in [0.25, 0.3) is 11.8 Å². The second-order valence-corrected chi connectivity index (χ2v) is 9.76. The molecule has 2 aliphatic rings. The fraction of sp³-hybridized carbons (Fsp3) is 0.179. The van der Waals surface area contributed by atoms with E-state index in [1.165, 1.54) is 25.4 Å². The number of hydrogen-bond donors (Lipinski definition) is 4. The summed E-state index contributed by atoms with van der Waals surface area (Å²) in [7, 11) is 1.29.